The van der Waals surface area contributed by atoms with Gasteiger partial charge in [-0.05, 0) is 142 Å². The summed E-state index contributed by atoms with van der Waals surface area (Å²) in [4.78, 5) is 5.31. The predicted molar refractivity (Wildman–Crippen MR) is 289 cm³/mol. The number of para-hydroxylation sites is 3. The van der Waals surface area contributed by atoms with Gasteiger partial charge in [0.05, 0.1) is 17.1 Å². The van der Waals surface area contributed by atoms with Gasteiger partial charge in [0.25, 0.3) is 0 Å². The van der Waals surface area contributed by atoms with E-state index in [0.29, 0.717) is 11.8 Å². The minimum atomic E-state index is -0.223. The smallest absolute Gasteiger partial charge is 0.0618 e. The summed E-state index contributed by atoms with van der Waals surface area (Å²) in [5.74, 6) is 0.922. The van der Waals surface area contributed by atoms with Gasteiger partial charge in [-0.1, -0.05) is 203 Å². The summed E-state index contributed by atoms with van der Waals surface area (Å²) in [7, 11) is 0. The average Bonchev–Trinajstić information content (AvgIpc) is 3.98. The van der Waals surface area contributed by atoms with Gasteiger partial charge in [-0.25, -0.2) is 0 Å². The molecule has 9 aromatic carbocycles. The lowest BCUT2D eigenvalue weighted by Crippen LogP contribution is -2.40. The number of anilines is 6. The number of rotatable bonds is 8. The largest absolute Gasteiger partial charge is 0.310 e. The van der Waals surface area contributed by atoms with Crippen LogP contribution in [0.2, 0.25) is 0 Å². The summed E-state index contributed by atoms with van der Waals surface area (Å²) in [6, 6.07) is 82.6. The van der Waals surface area contributed by atoms with Gasteiger partial charge in [0.2, 0.25) is 0 Å². The van der Waals surface area contributed by atoms with Crippen LogP contribution in [0.4, 0.5) is 34.1 Å². The molecular weight excluding hydrogens is 833 g/mol. The highest BCUT2D eigenvalue weighted by molar-refractivity contribution is 5.99. The molecule has 9 aromatic rings. The van der Waals surface area contributed by atoms with Crippen LogP contribution in [-0.4, -0.2) is 0 Å². The Labute approximate surface area is 408 Å². The van der Waals surface area contributed by atoms with Crippen molar-refractivity contribution in [3.05, 3.63) is 252 Å². The lowest BCUT2D eigenvalue weighted by molar-refractivity contribution is 0.205. The van der Waals surface area contributed by atoms with Crippen LogP contribution in [0.25, 0.3) is 33.4 Å². The van der Waals surface area contributed by atoms with E-state index in [1.54, 1.807) is 5.56 Å². The summed E-state index contributed by atoms with van der Waals surface area (Å²) in [6.45, 7) is 4.82. The van der Waals surface area contributed by atoms with Crippen LogP contribution in [0, 0.1) is 11.8 Å². The fourth-order valence-corrected chi connectivity index (χ4v) is 13.9. The van der Waals surface area contributed by atoms with E-state index in [2.05, 4.69) is 242 Å². The molecule has 0 aromatic heterocycles. The molecule has 2 nitrogen and oxygen atoms in total. The van der Waals surface area contributed by atoms with Crippen molar-refractivity contribution in [3.8, 4) is 33.4 Å². The predicted octanol–water partition coefficient (Wildman–Crippen LogP) is 17.9. The molecular formula is C67H58N2. The van der Waals surface area contributed by atoms with Crippen molar-refractivity contribution < 1.29 is 0 Å². The Balaban J connectivity index is 1.10. The number of hydrogen-bond donors (Lipinski definition) is 0. The molecule has 3 unspecified atom stereocenters. The van der Waals surface area contributed by atoms with Crippen LogP contribution in [0.3, 0.4) is 0 Å². The Morgan fingerprint density at radius 3 is 1.42 bits per heavy atom. The van der Waals surface area contributed by atoms with E-state index >= 15 is 0 Å². The first-order valence-electron chi connectivity index (χ1n) is 25.4. The Morgan fingerprint density at radius 2 is 0.841 bits per heavy atom. The van der Waals surface area contributed by atoms with E-state index in [1.165, 1.54) is 127 Å². The standard InChI is InChI=1S/C67H58N2/c1-66(2)59-38-19-18-35-57(59)58-42-41-54(45-60(58)66)68(52-31-14-6-15-32-52)61-39-20-27-48-43-50-29-12-5-13-30-51-44-49-28-21-40-62(64(49)67(50,51)63(48)61)69(53-33-16-7-17-34-53)65-55(46-23-8-3-9-24-46)36-22-37-56(65)47-25-10-4-11-26-47/h3-4,6-11,14-28,31-42,45,50-51H,5,12-13,29-30,43-44H2,1-2H3. The zero-order valence-corrected chi connectivity index (χ0v) is 39.8. The van der Waals surface area contributed by atoms with E-state index in [9.17, 15) is 0 Å². The normalized spacial score (nSPS) is 19.2. The number of hydrogen-bond acceptors (Lipinski definition) is 2. The number of benzene rings is 9. The van der Waals surface area contributed by atoms with Gasteiger partial charge in [0.15, 0.2) is 0 Å². The van der Waals surface area contributed by atoms with E-state index in [1.807, 2.05) is 0 Å². The highest BCUT2D eigenvalue weighted by Gasteiger charge is 2.59. The first kappa shape index (κ1) is 41.7. The minimum absolute atomic E-state index is 0.119. The van der Waals surface area contributed by atoms with Gasteiger partial charge < -0.3 is 9.80 Å². The third-order valence-electron chi connectivity index (χ3n) is 16.7. The third kappa shape index (κ3) is 6.52. The van der Waals surface area contributed by atoms with Crippen LogP contribution in [0.1, 0.15) is 79.3 Å². The zero-order chi connectivity index (χ0) is 46.1. The van der Waals surface area contributed by atoms with Gasteiger partial charge in [0.1, 0.15) is 0 Å². The lowest BCUT2D eigenvalue weighted by Gasteiger charge is -2.45. The first-order valence-corrected chi connectivity index (χ1v) is 25.4. The summed E-state index contributed by atoms with van der Waals surface area (Å²) >= 11 is 0. The highest BCUT2D eigenvalue weighted by Crippen LogP contribution is 2.67. The Kier molecular flexibility index (Phi) is 10.1. The monoisotopic (exact) mass is 890 g/mol. The Hall–Kier alpha value is -7.42. The molecule has 1 saturated carbocycles. The molecule has 2 heteroatoms. The molecule has 4 aliphatic rings. The zero-order valence-electron chi connectivity index (χ0n) is 39.8. The van der Waals surface area contributed by atoms with Crippen molar-refractivity contribution in [3.63, 3.8) is 0 Å². The van der Waals surface area contributed by atoms with Crippen molar-refractivity contribution in [2.45, 2.75) is 69.6 Å². The molecule has 0 heterocycles. The molecule has 336 valence electrons. The molecule has 3 atom stereocenters. The molecule has 0 N–H and O–H groups in total. The van der Waals surface area contributed by atoms with Crippen molar-refractivity contribution in [1.82, 2.24) is 0 Å². The van der Waals surface area contributed by atoms with Crippen LogP contribution in [-0.2, 0) is 23.7 Å². The fraction of sp³-hybridized carbons (Fsp3) is 0.194. The van der Waals surface area contributed by atoms with E-state index in [0.717, 1.165) is 12.8 Å². The van der Waals surface area contributed by atoms with Crippen molar-refractivity contribution in [2.75, 3.05) is 9.80 Å². The molecule has 0 amide bonds. The van der Waals surface area contributed by atoms with E-state index in [-0.39, 0.29) is 10.8 Å². The molecule has 4 aliphatic carbocycles. The fourth-order valence-electron chi connectivity index (χ4n) is 13.9. The third-order valence-corrected chi connectivity index (χ3v) is 16.7. The van der Waals surface area contributed by atoms with Gasteiger partial charge in [0, 0.05) is 39.0 Å². The second-order valence-corrected chi connectivity index (χ2v) is 20.6. The van der Waals surface area contributed by atoms with Gasteiger partial charge in [-0.15, -0.1) is 0 Å². The maximum absolute atomic E-state index is 2.67. The van der Waals surface area contributed by atoms with Gasteiger partial charge in [-0.3, -0.25) is 0 Å². The van der Waals surface area contributed by atoms with Gasteiger partial charge in [-0.2, -0.15) is 0 Å². The van der Waals surface area contributed by atoms with Crippen LogP contribution < -0.4 is 9.80 Å². The summed E-state index contributed by atoms with van der Waals surface area (Å²) in [6.07, 6.45) is 8.44. The van der Waals surface area contributed by atoms with Crippen molar-refractivity contribution >= 4 is 34.1 Å². The topological polar surface area (TPSA) is 6.48 Å². The lowest BCUT2D eigenvalue weighted by atomic mass is 9.60. The second kappa shape index (κ2) is 16.7. The molecule has 69 heavy (non-hydrogen) atoms. The average molecular weight is 891 g/mol. The number of nitrogens with zero attached hydrogens (tertiary/aromatic N) is 2. The molecule has 13 rings (SSSR count). The molecule has 0 aliphatic heterocycles. The van der Waals surface area contributed by atoms with Crippen molar-refractivity contribution in [2.24, 2.45) is 11.8 Å². The van der Waals surface area contributed by atoms with Crippen LogP contribution in [0.15, 0.2) is 218 Å². The summed E-state index contributed by atoms with van der Waals surface area (Å²) in [5, 5.41) is 0. The molecule has 1 spiro atoms. The molecule has 0 saturated heterocycles. The Morgan fingerprint density at radius 1 is 0.377 bits per heavy atom. The second-order valence-electron chi connectivity index (χ2n) is 20.6. The van der Waals surface area contributed by atoms with Gasteiger partial charge >= 0.3 is 0 Å². The molecule has 1 fully saturated rings. The Bertz CT molecular complexity index is 3290. The van der Waals surface area contributed by atoms with E-state index < -0.39 is 0 Å². The summed E-state index contributed by atoms with van der Waals surface area (Å²) < 4.78 is 0. The first-order chi connectivity index (χ1) is 34.0. The molecule has 0 radical (unpaired) electrons. The van der Waals surface area contributed by atoms with E-state index in [4.69, 9.17) is 0 Å². The summed E-state index contributed by atoms with van der Waals surface area (Å²) in [5.41, 5.74) is 23.6. The maximum atomic E-state index is 2.67. The van der Waals surface area contributed by atoms with Crippen molar-refractivity contribution in [1.29, 1.82) is 0 Å². The highest BCUT2D eigenvalue weighted by atomic mass is 15.2. The van der Waals surface area contributed by atoms with Crippen LogP contribution in [0.5, 0.6) is 0 Å². The number of fused-ring (bicyclic) bond motifs is 5. The minimum Gasteiger partial charge on any atom is -0.310 e. The van der Waals surface area contributed by atoms with Crippen LogP contribution >= 0.6 is 0 Å². The quantitative estimate of drug-likeness (QED) is 0.150. The molecule has 0 bridgehead atoms. The SMILES string of the molecule is CC1(C)c2ccccc2-c2ccc(N(c3ccccc3)c3cccc4c3C35c6c(cccc6N(c6ccccc6)c6c(-c7ccccc7)cccc6-c6ccccc6)CC3CCCCCC5C4)cc21. The maximum Gasteiger partial charge on any atom is 0.0618 e.